The number of benzene rings is 1. The van der Waals surface area contributed by atoms with Gasteiger partial charge in [-0.25, -0.2) is 4.39 Å². The number of fused-ring (bicyclic) bond motifs is 1. The Labute approximate surface area is 118 Å². The minimum atomic E-state index is -0.458. The Hall–Kier alpha value is -1.46. The molecule has 3 nitrogen and oxygen atoms in total. The number of rotatable bonds is 1. The molecule has 2 aromatic rings. The Balaban J connectivity index is 2.17. The summed E-state index contributed by atoms with van der Waals surface area (Å²) in [6.45, 7) is 1.86. The maximum absolute atomic E-state index is 14.2. The Morgan fingerprint density at radius 3 is 3.11 bits per heavy atom. The van der Waals surface area contributed by atoms with Crippen LogP contribution in [-0.2, 0) is 4.79 Å². The Morgan fingerprint density at radius 2 is 2.32 bits per heavy atom. The number of amides is 1. The van der Waals surface area contributed by atoms with Crippen LogP contribution in [0.3, 0.4) is 0 Å². The highest BCUT2D eigenvalue weighted by Crippen LogP contribution is 2.42. The molecule has 1 N–H and O–H groups in total. The molecule has 0 saturated heterocycles. The fraction of sp³-hybridized carbons (Fsp3) is 0.231. The van der Waals surface area contributed by atoms with Gasteiger partial charge in [0.05, 0.1) is 10.7 Å². The zero-order chi connectivity index (χ0) is 13.6. The third kappa shape index (κ3) is 2.03. The molecule has 98 valence electrons. The summed E-state index contributed by atoms with van der Waals surface area (Å²) in [5, 5.41) is 3.56. The molecule has 0 radical (unpaired) electrons. The summed E-state index contributed by atoms with van der Waals surface area (Å²) in [7, 11) is 0. The highest BCUT2D eigenvalue weighted by Gasteiger charge is 2.32. The molecule has 6 heteroatoms. The minimum absolute atomic E-state index is 0.0749. The molecule has 1 unspecified atom stereocenters. The SMILES string of the molecule is Cc1nsc2c1C(c1cccc(Cl)c1F)CC(=O)N2. The normalized spacial score (nSPS) is 18.1. The predicted molar refractivity (Wildman–Crippen MR) is 73.4 cm³/mol. The van der Waals surface area contributed by atoms with Gasteiger partial charge in [-0.2, -0.15) is 4.37 Å². The standard InChI is InChI=1S/C13H10ClFN2OS/c1-6-11-8(5-10(18)16-13(11)19-17-6)7-3-2-4-9(14)12(7)15/h2-4,8H,5H2,1H3,(H,16,18). The van der Waals surface area contributed by atoms with Crippen LogP contribution in [0.5, 0.6) is 0 Å². The molecule has 0 aliphatic carbocycles. The molecule has 1 aliphatic rings. The number of carbonyl (C=O) groups excluding carboxylic acids is 1. The average molecular weight is 297 g/mol. The summed E-state index contributed by atoms with van der Waals surface area (Å²) in [6, 6.07) is 4.87. The molecule has 3 rings (SSSR count). The third-order valence-electron chi connectivity index (χ3n) is 3.26. The maximum atomic E-state index is 14.2. The summed E-state index contributed by atoms with van der Waals surface area (Å²) in [5.74, 6) is -0.901. The second kappa shape index (κ2) is 4.58. The van der Waals surface area contributed by atoms with E-state index < -0.39 is 5.82 Å². The molecule has 1 atom stereocenters. The van der Waals surface area contributed by atoms with Gasteiger partial charge in [0.1, 0.15) is 10.8 Å². The van der Waals surface area contributed by atoms with E-state index in [-0.39, 0.29) is 23.3 Å². The number of halogens is 2. The van der Waals surface area contributed by atoms with Crippen molar-refractivity contribution >= 4 is 34.0 Å². The number of carbonyl (C=O) groups is 1. The fourth-order valence-electron chi connectivity index (χ4n) is 2.40. The molecule has 0 spiro atoms. The lowest BCUT2D eigenvalue weighted by atomic mass is 9.86. The molecular formula is C13H10ClFN2OS. The first-order valence-electron chi connectivity index (χ1n) is 5.78. The molecule has 2 heterocycles. The van der Waals surface area contributed by atoms with Gasteiger partial charge < -0.3 is 5.32 Å². The van der Waals surface area contributed by atoms with Crippen molar-refractivity contribution in [3.8, 4) is 0 Å². The van der Waals surface area contributed by atoms with Crippen molar-refractivity contribution in [1.82, 2.24) is 4.37 Å². The van der Waals surface area contributed by atoms with Crippen LogP contribution in [0.4, 0.5) is 9.39 Å². The lowest BCUT2D eigenvalue weighted by Crippen LogP contribution is -2.23. The predicted octanol–water partition coefficient (Wildman–Crippen LogP) is 3.72. The van der Waals surface area contributed by atoms with Crippen LogP contribution in [0.1, 0.15) is 29.2 Å². The van der Waals surface area contributed by atoms with Crippen molar-refractivity contribution in [1.29, 1.82) is 0 Å². The van der Waals surface area contributed by atoms with E-state index >= 15 is 0 Å². The topological polar surface area (TPSA) is 42.0 Å². The fourth-order valence-corrected chi connectivity index (χ4v) is 3.45. The molecular weight excluding hydrogens is 287 g/mol. The number of nitrogens with one attached hydrogen (secondary N) is 1. The van der Waals surface area contributed by atoms with E-state index in [4.69, 9.17) is 11.6 Å². The lowest BCUT2D eigenvalue weighted by molar-refractivity contribution is -0.116. The number of hydrogen-bond acceptors (Lipinski definition) is 3. The largest absolute Gasteiger partial charge is 0.316 e. The monoisotopic (exact) mass is 296 g/mol. The van der Waals surface area contributed by atoms with Crippen molar-refractivity contribution in [2.24, 2.45) is 0 Å². The van der Waals surface area contributed by atoms with E-state index in [2.05, 4.69) is 9.69 Å². The summed E-state index contributed by atoms with van der Waals surface area (Å²) in [5.41, 5.74) is 2.17. The van der Waals surface area contributed by atoms with E-state index in [1.807, 2.05) is 6.92 Å². The number of hydrogen-bond donors (Lipinski definition) is 1. The van der Waals surface area contributed by atoms with Gasteiger partial charge in [-0.15, -0.1) is 0 Å². The average Bonchev–Trinajstić information content (AvgIpc) is 2.73. The zero-order valence-corrected chi connectivity index (χ0v) is 11.6. The maximum Gasteiger partial charge on any atom is 0.225 e. The van der Waals surface area contributed by atoms with Gasteiger partial charge in [-0.05, 0) is 30.1 Å². The zero-order valence-electron chi connectivity index (χ0n) is 10.0. The van der Waals surface area contributed by atoms with Gasteiger partial charge in [0.15, 0.2) is 0 Å². The van der Waals surface area contributed by atoms with Gasteiger partial charge in [0, 0.05) is 17.9 Å². The van der Waals surface area contributed by atoms with Crippen molar-refractivity contribution < 1.29 is 9.18 Å². The van der Waals surface area contributed by atoms with Gasteiger partial charge in [0.25, 0.3) is 0 Å². The smallest absolute Gasteiger partial charge is 0.225 e. The van der Waals surface area contributed by atoms with E-state index in [1.54, 1.807) is 12.1 Å². The minimum Gasteiger partial charge on any atom is -0.316 e. The summed E-state index contributed by atoms with van der Waals surface area (Å²) in [4.78, 5) is 11.7. The van der Waals surface area contributed by atoms with Crippen LogP contribution in [0.2, 0.25) is 5.02 Å². The summed E-state index contributed by atoms with van der Waals surface area (Å²) in [6.07, 6.45) is 0.212. The molecule has 0 saturated carbocycles. The van der Waals surface area contributed by atoms with Crippen molar-refractivity contribution in [2.45, 2.75) is 19.3 Å². The highest BCUT2D eigenvalue weighted by atomic mass is 35.5. The molecule has 1 aromatic heterocycles. The van der Waals surface area contributed by atoms with Crippen molar-refractivity contribution in [3.63, 3.8) is 0 Å². The Morgan fingerprint density at radius 1 is 1.53 bits per heavy atom. The first-order valence-corrected chi connectivity index (χ1v) is 6.93. The van der Waals surface area contributed by atoms with Crippen LogP contribution < -0.4 is 5.32 Å². The van der Waals surface area contributed by atoms with E-state index in [0.29, 0.717) is 10.6 Å². The molecule has 1 aromatic carbocycles. The van der Waals surface area contributed by atoms with Crippen molar-refractivity contribution in [2.75, 3.05) is 5.32 Å². The second-order valence-electron chi connectivity index (χ2n) is 4.46. The summed E-state index contributed by atoms with van der Waals surface area (Å²) < 4.78 is 18.4. The number of nitrogens with zero attached hydrogens (tertiary/aromatic N) is 1. The van der Waals surface area contributed by atoms with Crippen LogP contribution >= 0.6 is 23.1 Å². The molecule has 0 fully saturated rings. The van der Waals surface area contributed by atoms with Crippen LogP contribution in [-0.4, -0.2) is 10.3 Å². The van der Waals surface area contributed by atoms with E-state index in [1.165, 1.54) is 17.6 Å². The van der Waals surface area contributed by atoms with Gasteiger partial charge in [-0.3, -0.25) is 4.79 Å². The summed E-state index contributed by atoms with van der Waals surface area (Å²) >= 11 is 7.05. The number of aryl methyl sites for hydroxylation is 1. The molecule has 1 amide bonds. The third-order valence-corrected chi connectivity index (χ3v) is 4.42. The first kappa shape index (κ1) is 12.6. The molecule has 0 bridgehead atoms. The van der Waals surface area contributed by atoms with Crippen LogP contribution in [0.15, 0.2) is 18.2 Å². The quantitative estimate of drug-likeness (QED) is 0.871. The molecule has 19 heavy (non-hydrogen) atoms. The van der Waals surface area contributed by atoms with Crippen LogP contribution in [0, 0.1) is 12.7 Å². The first-order chi connectivity index (χ1) is 9.08. The van der Waals surface area contributed by atoms with Crippen LogP contribution in [0.25, 0.3) is 0 Å². The van der Waals surface area contributed by atoms with E-state index in [0.717, 1.165) is 11.3 Å². The van der Waals surface area contributed by atoms with Gasteiger partial charge in [0.2, 0.25) is 5.91 Å². The van der Waals surface area contributed by atoms with Crippen molar-refractivity contribution in [3.05, 3.63) is 45.9 Å². The molecule has 1 aliphatic heterocycles. The Kier molecular flexibility index (Phi) is 3.03. The van der Waals surface area contributed by atoms with Gasteiger partial charge >= 0.3 is 0 Å². The highest BCUT2D eigenvalue weighted by molar-refractivity contribution is 7.10. The number of anilines is 1. The second-order valence-corrected chi connectivity index (χ2v) is 5.64. The Bertz CT molecular complexity index is 671. The van der Waals surface area contributed by atoms with Gasteiger partial charge in [-0.1, -0.05) is 23.7 Å². The number of aromatic nitrogens is 1. The lowest BCUT2D eigenvalue weighted by Gasteiger charge is -2.23. The van der Waals surface area contributed by atoms with E-state index in [9.17, 15) is 9.18 Å².